The molecule has 1 N–H and O–H groups in total. The van der Waals surface area contributed by atoms with Crippen molar-refractivity contribution in [3.05, 3.63) is 22.4 Å². The van der Waals surface area contributed by atoms with Gasteiger partial charge in [0.1, 0.15) is 0 Å². The molecule has 0 fully saturated rings. The molecule has 0 bridgehead atoms. The minimum atomic E-state index is -0.130. The van der Waals surface area contributed by atoms with E-state index in [1.54, 1.807) is 11.3 Å². The third-order valence-corrected chi connectivity index (χ3v) is 3.16. The van der Waals surface area contributed by atoms with E-state index in [-0.39, 0.29) is 16.8 Å². The maximum absolute atomic E-state index is 11.3. The maximum atomic E-state index is 11.3. The lowest BCUT2D eigenvalue weighted by Gasteiger charge is -2.12. The highest BCUT2D eigenvalue weighted by atomic mass is 79.9. The molecule has 13 heavy (non-hydrogen) atoms. The average Bonchev–Trinajstić information content (AvgIpc) is 2.55. The molecule has 0 spiro atoms. The number of carbonyl (C=O) groups excluding carboxylic acids is 1. The smallest absolute Gasteiger partial charge is 0.233 e. The molecule has 0 saturated carbocycles. The Hall–Kier alpha value is -0.350. The van der Waals surface area contributed by atoms with E-state index >= 15 is 0 Å². The standard InChI is InChI=1S/C9H12BrNOS/c1-6(10)9(12)11-7(2)8-4-3-5-13-8/h3-7H,1-2H3,(H,11,12)/t6?,7-/m1/s1. The summed E-state index contributed by atoms with van der Waals surface area (Å²) in [4.78, 5) is 12.3. The van der Waals surface area contributed by atoms with Crippen LogP contribution in [0.5, 0.6) is 0 Å². The Morgan fingerprint density at radius 1 is 1.62 bits per heavy atom. The normalized spacial score (nSPS) is 15.0. The zero-order valence-electron chi connectivity index (χ0n) is 7.58. The van der Waals surface area contributed by atoms with Gasteiger partial charge in [-0.15, -0.1) is 11.3 Å². The number of halogens is 1. The molecule has 0 aliphatic heterocycles. The molecule has 72 valence electrons. The van der Waals surface area contributed by atoms with E-state index in [4.69, 9.17) is 0 Å². The van der Waals surface area contributed by atoms with Gasteiger partial charge in [0.2, 0.25) is 5.91 Å². The van der Waals surface area contributed by atoms with E-state index in [0.717, 1.165) is 0 Å². The number of alkyl halides is 1. The number of hydrogen-bond donors (Lipinski definition) is 1. The topological polar surface area (TPSA) is 29.1 Å². The van der Waals surface area contributed by atoms with Gasteiger partial charge in [-0.25, -0.2) is 0 Å². The first-order chi connectivity index (χ1) is 6.11. The summed E-state index contributed by atoms with van der Waals surface area (Å²) >= 11 is 4.88. The fraction of sp³-hybridized carbons (Fsp3) is 0.444. The Kier molecular flexibility index (Phi) is 3.93. The van der Waals surface area contributed by atoms with Gasteiger partial charge in [-0.3, -0.25) is 4.79 Å². The number of nitrogens with one attached hydrogen (secondary N) is 1. The van der Waals surface area contributed by atoms with Crippen LogP contribution in [0.25, 0.3) is 0 Å². The van der Waals surface area contributed by atoms with Crippen molar-refractivity contribution in [2.45, 2.75) is 24.7 Å². The second-order valence-corrected chi connectivity index (χ2v) is 5.21. The van der Waals surface area contributed by atoms with Crippen LogP contribution >= 0.6 is 27.3 Å². The fourth-order valence-electron chi connectivity index (χ4n) is 0.937. The molecule has 0 aliphatic carbocycles. The Bertz CT molecular complexity index is 271. The van der Waals surface area contributed by atoms with Crippen LogP contribution in [0.4, 0.5) is 0 Å². The minimum Gasteiger partial charge on any atom is -0.348 e. The van der Waals surface area contributed by atoms with Gasteiger partial charge in [-0.2, -0.15) is 0 Å². The van der Waals surface area contributed by atoms with E-state index in [9.17, 15) is 4.79 Å². The van der Waals surface area contributed by atoms with Crippen LogP contribution in [0.1, 0.15) is 24.8 Å². The van der Waals surface area contributed by atoms with Crippen molar-refractivity contribution in [2.24, 2.45) is 0 Å². The van der Waals surface area contributed by atoms with Gasteiger partial charge >= 0.3 is 0 Å². The van der Waals surface area contributed by atoms with Crippen LogP contribution in [0.15, 0.2) is 17.5 Å². The summed E-state index contributed by atoms with van der Waals surface area (Å²) in [5, 5.41) is 4.92. The van der Waals surface area contributed by atoms with Crippen LogP contribution in [0.3, 0.4) is 0 Å². The van der Waals surface area contributed by atoms with E-state index in [1.165, 1.54) is 4.88 Å². The lowest BCUT2D eigenvalue weighted by molar-refractivity contribution is -0.120. The van der Waals surface area contributed by atoms with Gasteiger partial charge in [-0.05, 0) is 25.3 Å². The number of rotatable bonds is 3. The average molecular weight is 262 g/mol. The molecule has 1 rings (SSSR count). The molecular formula is C9H12BrNOS. The molecule has 1 aromatic heterocycles. The number of carbonyl (C=O) groups is 1. The second-order valence-electron chi connectivity index (χ2n) is 2.86. The highest BCUT2D eigenvalue weighted by molar-refractivity contribution is 9.10. The van der Waals surface area contributed by atoms with Crippen molar-refractivity contribution in [1.82, 2.24) is 5.32 Å². The van der Waals surface area contributed by atoms with E-state index in [2.05, 4.69) is 21.2 Å². The summed E-state index contributed by atoms with van der Waals surface area (Å²) in [5.74, 6) is 0.0286. The molecule has 1 heterocycles. The number of hydrogen-bond acceptors (Lipinski definition) is 2. The summed E-state index contributed by atoms with van der Waals surface area (Å²) in [7, 11) is 0. The molecule has 0 radical (unpaired) electrons. The Balaban J connectivity index is 2.51. The van der Waals surface area contributed by atoms with Crippen molar-refractivity contribution in [3.8, 4) is 0 Å². The Morgan fingerprint density at radius 3 is 2.77 bits per heavy atom. The molecule has 0 aliphatic rings. The molecule has 4 heteroatoms. The zero-order valence-corrected chi connectivity index (χ0v) is 9.98. The molecule has 2 nitrogen and oxygen atoms in total. The van der Waals surface area contributed by atoms with E-state index < -0.39 is 0 Å². The third kappa shape index (κ3) is 3.12. The van der Waals surface area contributed by atoms with Gasteiger partial charge in [0.05, 0.1) is 10.9 Å². The van der Waals surface area contributed by atoms with Gasteiger partial charge in [0.15, 0.2) is 0 Å². The Morgan fingerprint density at radius 2 is 2.31 bits per heavy atom. The molecule has 1 amide bonds. The summed E-state index contributed by atoms with van der Waals surface area (Å²) in [5.41, 5.74) is 0. The quantitative estimate of drug-likeness (QED) is 0.834. The van der Waals surface area contributed by atoms with Crippen LogP contribution in [0.2, 0.25) is 0 Å². The fourth-order valence-corrected chi connectivity index (χ4v) is 1.80. The minimum absolute atomic E-state index is 0.0286. The summed E-state index contributed by atoms with van der Waals surface area (Å²) in [6.07, 6.45) is 0. The molecular weight excluding hydrogens is 250 g/mol. The zero-order chi connectivity index (χ0) is 9.84. The van der Waals surface area contributed by atoms with Crippen LogP contribution in [-0.4, -0.2) is 10.7 Å². The molecule has 2 atom stereocenters. The molecule has 1 unspecified atom stereocenters. The first-order valence-corrected chi connectivity index (χ1v) is 5.88. The largest absolute Gasteiger partial charge is 0.348 e. The summed E-state index contributed by atoms with van der Waals surface area (Å²) in [6.45, 7) is 3.80. The van der Waals surface area contributed by atoms with Crippen molar-refractivity contribution in [3.63, 3.8) is 0 Å². The monoisotopic (exact) mass is 261 g/mol. The molecule has 0 aromatic carbocycles. The van der Waals surface area contributed by atoms with Crippen LogP contribution < -0.4 is 5.32 Å². The summed E-state index contributed by atoms with van der Waals surface area (Å²) < 4.78 is 0. The van der Waals surface area contributed by atoms with Crippen molar-refractivity contribution >= 4 is 33.2 Å². The lowest BCUT2D eigenvalue weighted by atomic mass is 10.2. The number of amides is 1. The third-order valence-electron chi connectivity index (χ3n) is 1.69. The Labute approximate surface area is 90.5 Å². The lowest BCUT2D eigenvalue weighted by Crippen LogP contribution is -2.31. The molecule has 1 aromatic rings. The maximum Gasteiger partial charge on any atom is 0.233 e. The molecule has 0 saturated heterocycles. The van der Waals surface area contributed by atoms with Gasteiger partial charge in [-0.1, -0.05) is 22.0 Å². The predicted molar refractivity (Wildman–Crippen MR) is 59.3 cm³/mol. The predicted octanol–water partition coefficient (Wildman–Crippen LogP) is 2.71. The SMILES string of the molecule is CC(Br)C(=O)N[C@H](C)c1cccs1. The van der Waals surface area contributed by atoms with Gasteiger partial charge in [0, 0.05) is 4.88 Å². The van der Waals surface area contributed by atoms with Crippen molar-refractivity contribution < 1.29 is 4.79 Å². The van der Waals surface area contributed by atoms with Gasteiger partial charge < -0.3 is 5.32 Å². The highest BCUT2D eigenvalue weighted by Gasteiger charge is 2.13. The summed E-state index contributed by atoms with van der Waals surface area (Å²) in [6, 6.07) is 4.11. The second kappa shape index (κ2) is 4.77. The number of thiophene rings is 1. The first-order valence-electron chi connectivity index (χ1n) is 4.09. The highest BCUT2D eigenvalue weighted by Crippen LogP contribution is 2.18. The van der Waals surface area contributed by atoms with Crippen molar-refractivity contribution in [2.75, 3.05) is 0 Å². The van der Waals surface area contributed by atoms with Crippen LogP contribution in [-0.2, 0) is 4.79 Å². The van der Waals surface area contributed by atoms with Crippen LogP contribution in [0, 0.1) is 0 Å². The first kappa shape index (κ1) is 10.7. The van der Waals surface area contributed by atoms with Gasteiger partial charge in [0.25, 0.3) is 0 Å². The van der Waals surface area contributed by atoms with E-state index in [0.29, 0.717) is 0 Å². The van der Waals surface area contributed by atoms with Crippen molar-refractivity contribution in [1.29, 1.82) is 0 Å². The van der Waals surface area contributed by atoms with E-state index in [1.807, 2.05) is 31.4 Å².